The molecule has 2 rings (SSSR count). The molecule has 0 saturated carbocycles. The van der Waals surface area contributed by atoms with Gasteiger partial charge in [0.15, 0.2) is 0 Å². The number of sulfonamides is 1. The van der Waals surface area contributed by atoms with E-state index in [2.05, 4.69) is 9.97 Å². The first-order valence-corrected chi connectivity index (χ1v) is 7.70. The average Bonchev–Trinajstić information content (AvgIpc) is 2.91. The van der Waals surface area contributed by atoms with E-state index in [4.69, 9.17) is 17.3 Å². The molecular formula is C12H15ClN4O2S. The van der Waals surface area contributed by atoms with E-state index in [0.29, 0.717) is 12.4 Å². The molecule has 0 radical (unpaired) electrons. The van der Waals surface area contributed by atoms with Gasteiger partial charge in [-0.15, -0.1) is 0 Å². The Morgan fingerprint density at radius 1 is 1.45 bits per heavy atom. The van der Waals surface area contributed by atoms with Gasteiger partial charge in [-0.05, 0) is 17.7 Å². The number of hydrogen-bond acceptors (Lipinski definition) is 4. The molecule has 0 aliphatic carbocycles. The van der Waals surface area contributed by atoms with Gasteiger partial charge in [0.1, 0.15) is 10.7 Å². The number of H-pyrrole nitrogens is 1. The SMILES string of the molecule is CN(Cc1ncc[nH]1)S(=O)(=O)c1ccc(CN)cc1Cl. The third kappa shape index (κ3) is 3.01. The van der Waals surface area contributed by atoms with Crippen molar-refractivity contribution in [2.75, 3.05) is 7.05 Å². The number of imidazole rings is 1. The van der Waals surface area contributed by atoms with Crippen LogP contribution in [0.25, 0.3) is 0 Å². The van der Waals surface area contributed by atoms with Crippen molar-refractivity contribution in [2.45, 2.75) is 18.0 Å². The fraction of sp³-hybridized carbons (Fsp3) is 0.250. The smallest absolute Gasteiger partial charge is 0.244 e. The molecule has 0 aliphatic heterocycles. The minimum Gasteiger partial charge on any atom is -0.347 e. The second-order valence-electron chi connectivity index (χ2n) is 4.27. The Bertz CT molecular complexity index is 685. The Balaban J connectivity index is 2.30. The lowest BCUT2D eigenvalue weighted by Gasteiger charge is -2.17. The average molecular weight is 315 g/mol. The number of rotatable bonds is 5. The zero-order valence-electron chi connectivity index (χ0n) is 10.9. The van der Waals surface area contributed by atoms with E-state index in [0.717, 1.165) is 5.56 Å². The second-order valence-corrected chi connectivity index (χ2v) is 6.69. The van der Waals surface area contributed by atoms with Gasteiger partial charge in [0.25, 0.3) is 0 Å². The van der Waals surface area contributed by atoms with Crippen LogP contribution in [0.3, 0.4) is 0 Å². The third-order valence-electron chi connectivity index (χ3n) is 2.85. The van der Waals surface area contributed by atoms with Crippen molar-refractivity contribution in [3.05, 3.63) is 47.0 Å². The molecule has 0 spiro atoms. The summed E-state index contributed by atoms with van der Waals surface area (Å²) < 4.78 is 26.1. The maximum Gasteiger partial charge on any atom is 0.244 e. The van der Waals surface area contributed by atoms with Crippen molar-refractivity contribution in [3.63, 3.8) is 0 Å². The highest BCUT2D eigenvalue weighted by Gasteiger charge is 2.24. The zero-order valence-corrected chi connectivity index (χ0v) is 12.4. The molecule has 0 atom stereocenters. The number of nitrogens with zero attached hydrogens (tertiary/aromatic N) is 2. The van der Waals surface area contributed by atoms with Crippen molar-refractivity contribution in [3.8, 4) is 0 Å². The fourth-order valence-corrected chi connectivity index (χ4v) is 3.40. The van der Waals surface area contributed by atoms with Crippen LogP contribution in [-0.4, -0.2) is 29.7 Å². The largest absolute Gasteiger partial charge is 0.347 e. The molecule has 2 aromatic rings. The molecule has 0 bridgehead atoms. The predicted molar refractivity (Wildman–Crippen MR) is 76.6 cm³/mol. The number of nitrogens with two attached hydrogens (primary N) is 1. The fourth-order valence-electron chi connectivity index (χ4n) is 1.73. The number of benzene rings is 1. The minimum absolute atomic E-state index is 0.0606. The van der Waals surface area contributed by atoms with Crippen LogP contribution in [0.4, 0.5) is 0 Å². The van der Waals surface area contributed by atoms with Crippen LogP contribution < -0.4 is 5.73 Å². The summed E-state index contributed by atoms with van der Waals surface area (Å²) in [5.74, 6) is 0.561. The molecule has 0 fully saturated rings. The van der Waals surface area contributed by atoms with Crippen LogP contribution in [0.2, 0.25) is 5.02 Å². The van der Waals surface area contributed by atoms with Crippen LogP contribution in [0.5, 0.6) is 0 Å². The summed E-state index contributed by atoms with van der Waals surface area (Å²) in [5, 5.41) is 0.166. The Kier molecular flexibility index (Phi) is 4.44. The topological polar surface area (TPSA) is 92.1 Å². The van der Waals surface area contributed by atoms with Gasteiger partial charge < -0.3 is 10.7 Å². The van der Waals surface area contributed by atoms with Crippen LogP contribution in [0.15, 0.2) is 35.5 Å². The third-order valence-corrected chi connectivity index (χ3v) is 5.13. The number of hydrogen-bond donors (Lipinski definition) is 2. The molecule has 108 valence electrons. The Labute approximate surface area is 122 Å². The van der Waals surface area contributed by atoms with Gasteiger partial charge >= 0.3 is 0 Å². The molecule has 0 unspecified atom stereocenters. The van der Waals surface area contributed by atoms with Gasteiger partial charge in [0.2, 0.25) is 10.0 Å². The number of halogens is 1. The number of aromatic amines is 1. The lowest BCUT2D eigenvalue weighted by molar-refractivity contribution is 0.458. The molecule has 8 heteroatoms. The summed E-state index contributed by atoms with van der Waals surface area (Å²) in [5.41, 5.74) is 6.28. The quantitative estimate of drug-likeness (QED) is 0.871. The van der Waals surface area contributed by atoms with E-state index in [9.17, 15) is 8.42 Å². The molecule has 1 heterocycles. The summed E-state index contributed by atoms with van der Waals surface area (Å²) in [4.78, 5) is 6.92. The standard InChI is InChI=1S/C12H15ClN4O2S/c1-17(8-12-15-4-5-16-12)20(18,19)11-3-2-9(7-14)6-10(11)13/h2-6H,7-8,14H2,1H3,(H,15,16). The summed E-state index contributed by atoms with van der Waals surface area (Å²) >= 11 is 6.03. The summed E-state index contributed by atoms with van der Waals surface area (Å²) in [6.45, 7) is 0.451. The van der Waals surface area contributed by atoms with E-state index >= 15 is 0 Å². The van der Waals surface area contributed by atoms with E-state index in [-0.39, 0.29) is 16.5 Å². The van der Waals surface area contributed by atoms with E-state index in [1.54, 1.807) is 24.5 Å². The monoisotopic (exact) mass is 314 g/mol. The number of aromatic nitrogens is 2. The molecule has 20 heavy (non-hydrogen) atoms. The van der Waals surface area contributed by atoms with Gasteiger partial charge in [-0.3, -0.25) is 0 Å². The Morgan fingerprint density at radius 2 is 2.20 bits per heavy atom. The van der Waals surface area contributed by atoms with Crippen molar-refractivity contribution < 1.29 is 8.42 Å². The van der Waals surface area contributed by atoms with Crippen LogP contribution in [-0.2, 0) is 23.1 Å². The first-order valence-electron chi connectivity index (χ1n) is 5.88. The maximum absolute atomic E-state index is 12.4. The van der Waals surface area contributed by atoms with Crippen LogP contribution in [0, 0.1) is 0 Å². The molecule has 3 N–H and O–H groups in total. The van der Waals surface area contributed by atoms with Gasteiger partial charge in [-0.2, -0.15) is 4.31 Å². The van der Waals surface area contributed by atoms with E-state index < -0.39 is 10.0 Å². The second kappa shape index (κ2) is 5.92. The minimum atomic E-state index is -3.67. The summed E-state index contributed by atoms with van der Waals surface area (Å²) in [6.07, 6.45) is 3.21. The van der Waals surface area contributed by atoms with Gasteiger partial charge in [0.05, 0.1) is 11.6 Å². The molecule has 1 aromatic carbocycles. The van der Waals surface area contributed by atoms with Crippen molar-refractivity contribution in [1.29, 1.82) is 0 Å². The number of nitrogens with one attached hydrogen (secondary N) is 1. The predicted octanol–water partition coefficient (Wildman–Crippen LogP) is 1.34. The Hall–Kier alpha value is -1.41. The Morgan fingerprint density at radius 3 is 2.75 bits per heavy atom. The first kappa shape index (κ1) is 15.0. The molecule has 6 nitrogen and oxygen atoms in total. The summed E-state index contributed by atoms with van der Waals surface area (Å²) in [7, 11) is -2.19. The molecule has 1 aromatic heterocycles. The molecule has 0 saturated heterocycles. The molecule has 0 amide bonds. The van der Waals surface area contributed by atoms with E-state index in [1.165, 1.54) is 17.4 Å². The van der Waals surface area contributed by atoms with E-state index in [1.807, 2.05) is 0 Å². The van der Waals surface area contributed by atoms with Gasteiger partial charge in [-0.25, -0.2) is 13.4 Å². The molecule has 0 aliphatic rings. The first-order chi connectivity index (χ1) is 9.45. The molecular weight excluding hydrogens is 300 g/mol. The highest BCUT2D eigenvalue weighted by Crippen LogP contribution is 2.25. The maximum atomic E-state index is 12.4. The van der Waals surface area contributed by atoms with Crippen LogP contribution >= 0.6 is 11.6 Å². The normalized spacial score (nSPS) is 12.0. The zero-order chi connectivity index (χ0) is 14.8. The van der Waals surface area contributed by atoms with Crippen molar-refractivity contribution in [2.24, 2.45) is 5.73 Å². The van der Waals surface area contributed by atoms with Gasteiger partial charge in [-0.1, -0.05) is 17.7 Å². The lowest BCUT2D eigenvalue weighted by Crippen LogP contribution is -2.27. The van der Waals surface area contributed by atoms with Crippen LogP contribution in [0.1, 0.15) is 11.4 Å². The lowest BCUT2D eigenvalue weighted by atomic mass is 10.2. The van der Waals surface area contributed by atoms with Crippen molar-refractivity contribution in [1.82, 2.24) is 14.3 Å². The highest BCUT2D eigenvalue weighted by atomic mass is 35.5. The van der Waals surface area contributed by atoms with Gasteiger partial charge in [0, 0.05) is 26.0 Å². The summed E-state index contributed by atoms with van der Waals surface area (Å²) in [6, 6.07) is 4.69. The van der Waals surface area contributed by atoms with Crippen molar-refractivity contribution >= 4 is 21.6 Å². The highest BCUT2D eigenvalue weighted by molar-refractivity contribution is 7.89.